The summed E-state index contributed by atoms with van der Waals surface area (Å²) < 4.78 is 24.2. The van der Waals surface area contributed by atoms with Crippen LogP contribution < -0.4 is 30.0 Å². The van der Waals surface area contributed by atoms with Crippen LogP contribution in [-0.2, 0) is 0 Å². The van der Waals surface area contributed by atoms with E-state index in [0.717, 1.165) is 134 Å². The normalized spacial score (nSPS) is 11.8. The lowest BCUT2D eigenvalue weighted by Crippen LogP contribution is -2.37. The zero-order valence-electron chi connectivity index (χ0n) is 73.4. The summed E-state index contributed by atoms with van der Waals surface area (Å²) in [7, 11) is -2.91. The smallest absolute Gasteiger partial charge is 0.148 e. The molecule has 0 atom stereocenters. The molecule has 5 nitrogen and oxygen atoms in total. The third-order valence-corrected chi connectivity index (χ3v) is 30.1. The minimum Gasteiger partial charge on any atom is -0.456 e. The highest BCUT2D eigenvalue weighted by Crippen LogP contribution is 2.52. The van der Waals surface area contributed by atoms with Gasteiger partial charge in [0.1, 0.15) is 17.0 Å². The number of fused-ring (bicyclic) bond motifs is 19. The van der Waals surface area contributed by atoms with Crippen LogP contribution in [0.15, 0.2) is 459 Å². The molecule has 130 heavy (non-hydrogen) atoms. The SMILES string of the molecule is C[Si](C)(C)c1ccc(N(c2ccccc2)c2ccc3c(ccc4c5ccc(N(c6ccccc6)c6ccc7c(c6)oc6ccccc67)cc5c5ccccc5c34)c2)cc1.C[Si](C)(C)c1ccc(N(c2ccccc2)c2ccc3c(ccc4c5ccc(N(c6ccccc6-c6ccccc6)c6c(F)cc(-c7ccccc7)cc6-c6ccccc6)cc5c5ccccc5c34)c2)cc1. The molecule has 23 rings (SSSR count). The summed E-state index contributed by atoms with van der Waals surface area (Å²) in [6.07, 6.45) is 0. The lowest BCUT2D eigenvalue weighted by molar-refractivity contribution is 0.630. The van der Waals surface area contributed by atoms with Crippen molar-refractivity contribution in [3.63, 3.8) is 0 Å². The van der Waals surface area contributed by atoms with Crippen molar-refractivity contribution in [2.24, 2.45) is 0 Å². The molecular weight excluding hydrogens is 1610 g/mol. The van der Waals surface area contributed by atoms with Crippen molar-refractivity contribution in [2.75, 3.05) is 19.6 Å². The Morgan fingerprint density at radius 2 is 0.515 bits per heavy atom. The van der Waals surface area contributed by atoms with Crippen molar-refractivity contribution >= 4 is 203 Å². The van der Waals surface area contributed by atoms with Crippen LogP contribution in [0.1, 0.15) is 0 Å². The molecule has 0 spiro atoms. The molecule has 0 bridgehead atoms. The monoisotopic (exact) mass is 1700 g/mol. The molecule has 622 valence electrons. The third-order valence-electron chi connectivity index (χ3n) is 26.0. The quantitative estimate of drug-likeness (QED) is 0.0669. The number of furan rings is 1. The number of hydrogen-bond acceptors (Lipinski definition) is 5. The maximum atomic E-state index is 17.8. The van der Waals surface area contributed by atoms with Gasteiger partial charge in [-0.25, -0.2) is 4.39 Å². The fourth-order valence-corrected chi connectivity index (χ4v) is 21.9. The van der Waals surface area contributed by atoms with Gasteiger partial charge in [0.2, 0.25) is 0 Å². The fraction of sp³-hybridized carbons (Fsp3) is 0.0492. The van der Waals surface area contributed by atoms with Crippen molar-refractivity contribution in [1.82, 2.24) is 0 Å². The molecule has 1 aromatic heterocycles. The van der Waals surface area contributed by atoms with E-state index in [2.05, 4.69) is 441 Å². The number of anilines is 12. The second kappa shape index (κ2) is 33.2. The molecule has 0 aliphatic heterocycles. The van der Waals surface area contributed by atoms with Gasteiger partial charge in [-0.15, -0.1) is 0 Å². The third kappa shape index (κ3) is 14.7. The first-order chi connectivity index (χ1) is 63.7. The molecule has 0 radical (unpaired) electrons. The van der Waals surface area contributed by atoms with E-state index in [4.69, 9.17) is 4.42 Å². The van der Waals surface area contributed by atoms with Crippen LogP contribution in [0.3, 0.4) is 0 Å². The van der Waals surface area contributed by atoms with Gasteiger partial charge in [-0.3, -0.25) is 0 Å². The molecule has 1 heterocycles. The summed E-state index contributed by atoms with van der Waals surface area (Å²) in [5.74, 6) is -0.309. The molecule has 0 aliphatic rings. The first-order valence-corrected chi connectivity index (χ1v) is 51.9. The number of hydrogen-bond donors (Lipinski definition) is 0. The molecule has 0 amide bonds. The van der Waals surface area contributed by atoms with Crippen molar-refractivity contribution in [3.05, 3.63) is 461 Å². The van der Waals surface area contributed by atoms with Crippen molar-refractivity contribution in [2.45, 2.75) is 39.3 Å². The zero-order valence-corrected chi connectivity index (χ0v) is 75.4. The highest BCUT2D eigenvalue weighted by molar-refractivity contribution is 6.89. The number of halogens is 1. The van der Waals surface area contributed by atoms with Crippen LogP contribution in [0.25, 0.3) is 141 Å². The Kier molecular flexibility index (Phi) is 20.5. The maximum Gasteiger partial charge on any atom is 0.148 e. The molecule has 8 heteroatoms. The molecule has 23 aromatic rings. The minimum atomic E-state index is -1.48. The Bertz CT molecular complexity index is 8210. The predicted octanol–water partition coefficient (Wildman–Crippen LogP) is 34.6. The predicted molar refractivity (Wildman–Crippen MR) is 561 cm³/mol. The maximum absolute atomic E-state index is 17.8. The van der Waals surface area contributed by atoms with Gasteiger partial charge in [0.05, 0.1) is 27.5 Å². The first kappa shape index (κ1) is 80.1. The molecular formula is C122H93FN4OSi2. The van der Waals surface area contributed by atoms with Crippen LogP contribution in [0.5, 0.6) is 0 Å². The number of benzene rings is 22. The molecule has 0 aliphatic carbocycles. The van der Waals surface area contributed by atoms with Gasteiger partial charge in [0, 0.05) is 84.8 Å². The molecule has 0 saturated heterocycles. The Balaban J connectivity index is 0.000000155. The highest BCUT2D eigenvalue weighted by Gasteiger charge is 2.29. The van der Waals surface area contributed by atoms with E-state index >= 15 is 4.39 Å². The lowest BCUT2D eigenvalue weighted by atomic mass is 9.90. The van der Waals surface area contributed by atoms with Gasteiger partial charge in [0.25, 0.3) is 0 Å². The van der Waals surface area contributed by atoms with Crippen LogP contribution >= 0.6 is 0 Å². The van der Waals surface area contributed by atoms with E-state index < -0.39 is 16.1 Å². The second-order valence-electron chi connectivity index (χ2n) is 36.0. The van der Waals surface area contributed by atoms with Crippen LogP contribution in [-0.4, -0.2) is 16.1 Å². The minimum absolute atomic E-state index is 0.309. The van der Waals surface area contributed by atoms with E-state index in [-0.39, 0.29) is 5.82 Å². The van der Waals surface area contributed by atoms with E-state index in [9.17, 15) is 0 Å². The van der Waals surface area contributed by atoms with Crippen molar-refractivity contribution in [1.29, 1.82) is 0 Å². The Morgan fingerprint density at radius 3 is 0.985 bits per heavy atom. The van der Waals surface area contributed by atoms with Crippen LogP contribution in [0.4, 0.5) is 72.6 Å². The second-order valence-corrected chi connectivity index (χ2v) is 46.2. The molecule has 0 fully saturated rings. The standard InChI is InChI=1S/C67H51FN2Si.C55H42N2OSi/c1-71(2,3)55-37-33-52(34-38-55)69(51-26-14-7-15-27-51)53-35-40-57-49(42-53)32-39-61-59-41-36-54(45-63(59)58-29-16-17-30-60(58)66(57)61)70(65-31-19-18-28-56(65)47-22-10-5-11-23-47)67-62(48-24-12-6-13-25-48)43-50(44-64(67)68)46-20-8-4-9-21-46;1-59(2,3)44-28-23-40(24-29-44)56(38-14-6-4-7-15-38)41-25-31-45-37(34-41)22-30-51-47-32-26-42(35-52(47)46-18-10-11-20-50(46)55(45)51)57(39-16-8-5-9-17-39)43-27-33-49-48-19-12-13-21-53(48)58-54(49)36-43/h4-45H,1-3H3;4-36H,1-3H3. The summed E-state index contributed by atoms with van der Waals surface area (Å²) in [6, 6.07) is 163. The van der Waals surface area contributed by atoms with E-state index in [1.807, 2.05) is 66.7 Å². The first-order valence-electron chi connectivity index (χ1n) is 44.9. The van der Waals surface area contributed by atoms with Gasteiger partial charge in [0.15, 0.2) is 0 Å². The fourth-order valence-electron chi connectivity index (χ4n) is 19.6. The summed E-state index contributed by atoms with van der Waals surface area (Å²) in [5, 5.41) is 24.4. The Hall–Kier alpha value is -15.7. The summed E-state index contributed by atoms with van der Waals surface area (Å²) in [4.78, 5) is 9.22. The van der Waals surface area contributed by atoms with Gasteiger partial charge < -0.3 is 24.0 Å². The molecule has 0 saturated carbocycles. The van der Waals surface area contributed by atoms with Crippen LogP contribution in [0, 0.1) is 5.82 Å². The van der Waals surface area contributed by atoms with Crippen molar-refractivity contribution < 1.29 is 8.81 Å². The van der Waals surface area contributed by atoms with Crippen molar-refractivity contribution in [3.8, 4) is 33.4 Å². The average Bonchev–Trinajstić information content (AvgIpc) is 1.62. The van der Waals surface area contributed by atoms with Gasteiger partial charge in [-0.2, -0.15) is 0 Å². The highest BCUT2D eigenvalue weighted by atomic mass is 28.3. The molecule has 22 aromatic carbocycles. The van der Waals surface area contributed by atoms with Crippen LogP contribution in [0.2, 0.25) is 39.3 Å². The largest absolute Gasteiger partial charge is 0.456 e. The number of nitrogens with zero attached hydrogens (tertiary/aromatic N) is 4. The van der Waals surface area contributed by atoms with E-state index in [1.54, 1.807) is 6.07 Å². The molecule has 0 unspecified atom stereocenters. The summed E-state index contributed by atoms with van der Waals surface area (Å²) in [5.41, 5.74) is 19.6. The van der Waals surface area contributed by atoms with E-state index in [1.165, 1.54) is 80.4 Å². The lowest BCUT2D eigenvalue weighted by Gasteiger charge is -2.31. The zero-order chi connectivity index (χ0) is 87.7. The topological polar surface area (TPSA) is 26.1 Å². The average molecular weight is 1710 g/mol. The van der Waals surface area contributed by atoms with Gasteiger partial charge in [-0.1, -0.05) is 353 Å². The molecule has 0 N–H and O–H groups in total. The number of para-hydroxylation sites is 5. The number of rotatable bonds is 17. The summed E-state index contributed by atoms with van der Waals surface area (Å²) >= 11 is 0. The Labute approximate surface area is 759 Å². The van der Waals surface area contributed by atoms with Gasteiger partial charge in [-0.05, 0) is 254 Å². The van der Waals surface area contributed by atoms with Gasteiger partial charge >= 0.3 is 0 Å². The summed E-state index contributed by atoms with van der Waals surface area (Å²) in [6.45, 7) is 14.4. The Morgan fingerprint density at radius 1 is 0.200 bits per heavy atom. The van der Waals surface area contributed by atoms with E-state index in [0.29, 0.717) is 5.69 Å².